The largest absolute Gasteiger partial charge is 0.349 e. The van der Waals surface area contributed by atoms with Gasteiger partial charge in [-0.15, -0.1) is 0 Å². The lowest BCUT2D eigenvalue weighted by molar-refractivity contribution is -0.145. The van der Waals surface area contributed by atoms with E-state index in [1.165, 1.54) is 5.56 Å². The Kier molecular flexibility index (Phi) is 5.97. The van der Waals surface area contributed by atoms with Crippen LogP contribution in [0, 0.1) is 5.41 Å². The number of rotatable bonds is 6. The summed E-state index contributed by atoms with van der Waals surface area (Å²) < 4.78 is 0. The average Bonchev–Trinajstić information content (AvgIpc) is 3.06. The number of carbonyl (C=O) groups excluding carboxylic acids is 2. The third-order valence-electron chi connectivity index (χ3n) is 5.91. The van der Waals surface area contributed by atoms with Crippen LogP contribution in [0.4, 0.5) is 0 Å². The van der Waals surface area contributed by atoms with Gasteiger partial charge in [-0.1, -0.05) is 30.3 Å². The van der Waals surface area contributed by atoms with Crippen LogP contribution >= 0.6 is 0 Å². The molecular weight excluding hydrogens is 326 g/mol. The molecule has 0 aromatic heterocycles. The molecule has 0 N–H and O–H groups in total. The first-order valence-electron chi connectivity index (χ1n) is 9.76. The zero-order valence-electron chi connectivity index (χ0n) is 16.1. The standard InChI is InChI=1S/C21H31N3O2/c1-22(2)19(25)10-14-23-16-12-21(17-23)11-6-13-24(20(21)26)15-9-18-7-4-3-5-8-18/h3-5,7-8H,6,9-17H2,1-2H3/t21-/m1/s1. The van der Waals surface area contributed by atoms with E-state index >= 15 is 0 Å². The van der Waals surface area contributed by atoms with Crippen molar-refractivity contribution in [2.24, 2.45) is 5.41 Å². The number of amides is 2. The third-order valence-corrected chi connectivity index (χ3v) is 5.91. The summed E-state index contributed by atoms with van der Waals surface area (Å²) in [6, 6.07) is 10.4. The summed E-state index contributed by atoms with van der Waals surface area (Å²) in [7, 11) is 3.59. The van der Waals surface area contributed by atoms with E-state index in [2.05, 4.69) is 34.1 Å². The molecule has 0 radical (unpaired) electrons. The smallest absolute Gasteiger partial charge is 0.230 e. The van der Waals surface area contributed by atoms with Crippen molar-refractivity contribution in [2.75, 3.05) is 46.8 Å². The molecule has 1 spiro atoms. The molecule has 1 atom stereocenters. The maximum atomic E-state index is 13.2. The predicted molar refractivity (Wildman–Crippen MR) is 103 cm³/mol. The van der Waals surface area contributed by atoms with E-state index in [4.69, 9.17) is 0 Å². The van der Waals surface area contributed by atoms with E-state index in [1.807, 2.05) is 6.07 Å². The van der Waals surface area contributed by atoms with Crippen LogP contribution in [0.2, 0.25) is 0 Å². The van der Waals surface area contributed by atoms with Crippen LogP contribution in [0.5, 0.6) is 0 Å². The van der Waals surface area contributed by atoms with Gasteiger partial charge in [-0.3, -0.25) is 9.59 Å². The Balaban J connectivity index is 1.54. The van der Waals surface area contributed by atoms with Crippen molar-refractivity contribution < 1.29 is 9.59 Å². The van der Waals surface area contributed by atoms with E-state index in [9.17, 15) is 9.59 Å². The van der Waals surface area contributed by atoms with Crippen LogP contribution < -0.4 is 0 Å². The summed E-state index contributed by atoms with van der Waals surface area (Å²) in [4.78, 5) is 31.0. The van der Waals surface area contributed by atoms with Gasteiger partial charge in [-0.25, -0.2) is 0 Å². The lowest BCUT2D eigenvalue weighted by Gasteiger charge is -2.39. The SMILES string of the molecule is CN(C)C(=O)CCN1CC[C@]2(CCCN(CCc3ccccc3)C2=O)C1. The number of carbonyl (C=O) groups is 2. The number of hydrogen-bond donors (Lipinski definition) is 0. The lowest BCUT2D eigenvalue weighted by atomic mass is 9.78. The Labute approximate surface area is 156 Å². The van der Waals surface area contributed by atoms with Gasteiger partial charge < -0.3 is 14.7 Å². The van der Waals surface area contributed by atoms with Crippen molar-refractivity contribution in [1.82, 2.24) is 14.7 Å². The molecule has 0 unspecified atom stereocenters. The molecule has 0 bridgehead atoms. The predicted octanol–water partition coefficient (Wildman–Crippen LogP) is 2.02. The second-order valence-electron chi connectivity index (χ2n) is 7.98. The minimum Gasteiger partial charge on any atom is -0.349 e. The molecule has 2 heterocycles. The summed E-state index contributed by atoms with van der Waals surface area (Å²) in [5.41, 5.74) is 1.07. The van der Waals surface area contributed by atoms with Gasteiger partial charge in [0.1, 0.15) is 0 Å². The van der Waals surface area contributed by atoms with Gasteiger partial charge in [0.05, 0.1) is 5.41 Å². The Hall–Kier alpha value is -1.88. The molecule has 2 fully saturated rings. The van der Waals surface area contributed by atoms with Gasteiger partial charge in [0.2, 0.25) is 11.8 Å². The molecule has 2 amide bonds. The zero-order chi connectivity index (χ0) is 18.6. The van der Waals surface area contributed by atoms with Crippen LogP contribution in [0.25, 0.3) is 0 Å². The monoisotopic (exact) mass is 357 g/mol. The van der Waals surface area contributed by atoms with Gasteiger partial charge >= 0.3 is 0 Å². The van der Waals surface area contributed by atoms with Crippen LogP contribution in [0.1, 0.15) is 31.2 Å². The van der Waals surface area contributed by atoms with E-state index in [0.29, 0.717) is 12.3 Å². The summed E-state index contributed by atoms with van der Waals surface area (Å²) in [5.74, 6) is 0.492. The quantitative estimate of drug-likeness (QED) is 0.782. The highest BCUT2D eigenvalue weighted by Gasteiger charge is 2.47. The number of hydrogen-bond acceptors (Lipinski definition) is 3. The van der Waals surface area contributed by atoms with Gasteiger partial charge in [-0.2, -0.15) is 0 Å². The molecule has 2 saturated heterocycles. The lowest BCUT2D eigenvalue weighted by Crippen LogP contribution is -2.50. The first-order chi connectivity index (χ1) is 12.5. The molecule has 0 saturated carbocycles. The molecular formula is C21H31N3O2. The van der Waals surface area contributed by atoms with Crippen molar-refractivity contribution in [2.45, 2.75) is 32.1 Å². The average molecular weight is 357 g/mol. The highest BCUT2D eigenvalue weighted by molar-refractivity contribution is 5.84. The van der Waals surface area contributed by atoms with Gasteiger partial charge in [0.25, 0.3) is 0 Å². The Bertz CT molecular complexity index is 631. The fraction of sp³-hybridized carbons (Fsp3) is 0.619. The van der Waals surface area contributed by atoms with Crippen LogP contribution in [-0.2, 0) is 16.0 Å². The third kappa shape index (κ3) is 4.26. The van der Waals surface area contributed by atoms with Crippen molar-refractivity contribution in [3.63, 3.8) is 0 Å². The zero-order valence-corrected chi connectivity index (χ0v) is 16.1. The summed E-state index contributed by atoms with van der Waals surface area (Å²) in [6.45, 7) is 4.19. The van der Waals surface area contributed by atoms with E-state index in [-0.39, 0.29) is 11.3 Å². The molecule has 0 aliphatic carbocycles. The molecule has 1 aromatic carbocycles. The van der Waals surface area contributed by atoms with Crippen LogP contribution in [0.3, 0.4) is 0 Å². The molecule has 5 heteroatoms. The highest BCUT2D eigenvalue weighted by atomic mass is 16.2. The highest BCUT2D eigenvalue weighted by Crippen LogP contribution is 2.40. The van der Waals surface area contributed by atoms with E-state index in [1.54, 1.807) is 19.0 Å². The van der Waals surface area contributed by atoms with Crippen molar-refractivity contribution in [1.29, 1.82) is 0 Å². The molecule has 5 nitrogen and oxygen atoms in total. The van der Waals surface area contributed by atoms with E-state index < -0.39 is 0 Å². The van der Waals surface area contributed by atoms with Crippen LogP contribution in [-0.4, -0.2) is 73.3 Å². The van der Waals surface area contributed by atoms with Crippen molar-refractivity contribution in [3.05, 3.63) is 35.9 Å². The molecule has 3 rings (SSSR count). The molecule has 142 valence electrons. The molecule has 1 aromatic rings. The fourth-order valence-electron chi connectivity index (χ4n) is 4.28. The summed E-state index contributed by atoms with van der Waals surface area (Å²) in [5, 5.41) is 0. The molecule has 26 heavy (non-hydrogen) atoms. The molecule has 2 aliphatic rings. The van der Waals surface area contributed by atoms with Crippen molar-refractivity contribution in [3.8, 4) is 0 Å². The topological polar surface area (TPSA) is 43.9 Å². The minimum atomic E-state index is -0.212. The second-order valence-corrected chi connectivity index (χ2v) is 7.98. The maximum Gasteiger partial charge on any atom is 0.230 e. The summed E-state index contributed by atoms with van der Waals surface area (Å²) >= 11 is 0. The minimum absolute atomic E-state index is 0.158. The first kappa shape index (κ1) is 18.9. The summed E-state index contributed by atoms with van der Waals surface area (Å²) in [6.07, 6.45) is 4.47. The fourth-order valence-corrected chi connectivity index (χ4v) is 4.28. The number of benzene rings is 1. The van der Waals surface area contributed by atoms with Gasteiger partial charge in [0.15, 0.2) is 0 Å². The van der Waals surface area contributed by atoms with Gasteiger partial charge in [-0.05, 0) is 37.8 Å². The van der Waals surface area contributed by atoms with Crippen LogP contribution in [0.15, 0.2) is 30.3 Å². The number of nitrogens with zero attached hydrogens (tertiary/aromatic N) is 3. The number of likely N-dealkylation sites (tertiary alicyclic amines) is 2. The molecule has 2 aliphatic heterocycles. The Morgan fingerprint density at radius 2 is 1.88 bits per heavy atom. The Morgan fingerprint density at radius 1 is 1.12 bits per heavy atom. The van der Waals surface area contributed by atoms with Crippen molar-refractivity contribution >= 4 is 11.8 Å². The normalized spacial score (nSPS) is 23.6. The Morgan fingerprint density at radius 3 is 2.62 bits per heavy atom. The van der Waals surface area contributed by atoms with Gasteiger partial charge in [0, 0.05) is 46.7 Å². The van der Waals surface area contributed by atoms with E-state index in [0.717, 1.165) is 58.4 Å². The second kappa shape index (κ2) is 8.21. The number of piperidine rings is 1. The maximum absolute atomic E-state index is 13.2. The first-order valence-corrected chi connectivity index (χ1v) is 9.76.